The van der Waals surface area contributed by atoms with Crippen LogP contribution in [0.4, 0.5) is 0 Å². The molecular formula is C21H18O6. The number of carbonyl (C=O) groups excluding carboxylic acids is 1. The van der Waals surface area contributed by atoms with Gasteiger partial charge in [0, 0.05) is 5.56 Å². The minimum atomic E-state index is -0.995. The van der Waals surface area contributed by atoms with Crippen molar-refractivity contribution in [2.45, 2.75) is 18.9 Å². The number of hydrogen-bond acceptors (Lipinski definition) is 6. The van der Waals surface area contributed by atoms with E-state index in [2.05, 4.69) is 0 Å². The molecule has 2 heterocycles. The van der Waals surface area contributed by atoms with Crippen LogP contribution in [-0.4, -0.2) is 25.8 Å². The Morgan fingerprint density at radius 2 is 1.85 bits per heavy atom. The Bertz CT molecular complexity index is 1070. The molecular weight excluding hydrogens is 348 g/mol. The summed E-state index contributed by atoms with van der Waals surface area (Å²) < 4.78 is 22.1. The maximum absolute atomic E-state index is 12.8. The summed E-state index contributed by atoms with van der Waals surface area (Å²) in [6.07, 6.45) is -0.995. The van der Waals surface area contributed by atoms with Crippen LogP contribution in [0.25, 0.3) is 11.0 Å². The van der Waals surface area contributed by atoms with Gasteiger partial charge in [0.1, 0.15) is 17.1 Å². The van der Waals surface area contributed by atoms with Crippen molar-refractivity contribution in [3.05, 3.63) is 70.1 Å². The van der Waals surface area contributed by atoms with E-state index < -0.39 is 23.6 Å². The van der Waals surface area contributed by atoms with Gasteiger partial charge in [-0.2, -0.15) is 0 Å². The predicted octanol–water partition coefficient (Wildman–Crippen LogP) is 3.26. The fraction of sp³-hybridized carbons (Fsp3) is 0.238. The molecule has 2 aromatic carbocycles. The molecule has 0 bridgehead atoms. The van der Waals surface area contributed by atoms with Crippen LogP contribution in [-0.2, 0) is 9.53 Å². The summed E-state index contributed by atoms with van der Waals surface area (Å²) in [6.45, 7) is 1.94. The van der Waals surface area contributed by atoms with Crippen molar-refractivity contribution in [2.24, 2.45) is 0 Å². The molecule has 0 radical (unpaired) electrons. The van der Waals surface area contributed by atoms with Crippen LogP contribution >= 0.6 is 0 Å². The number of benzene rings is 2. The predicted molar refractivity (Wildman–Crippen MR) is 98.4 cm³/mol. The number of carbonyl (C=O) groups is 1. The molecule has 1 aliphatic heterocycles. The molecule has 1 aromatic heterocycles. The topological polar surface area (TPSA) is 75.0 Å². The summed E-state index contributed by atoms with van der Waals surface area (Å²) in [5.41, 5.74) is 0.839. The highest BCUT2D eigenvalue weighted by Crippen LogP contribution is 2.46. The van der Waals surface area contributed by atoms with E-state index in [1.165, 1.54) is 7.11 Å². The molecule has 2 atom stereocenters. The fourth-order valence-corrected chi connectivity index (χ4v) is 3.53. The fourth-order valence-electron chi connectivity index (χ4n) is 3.53. The SMILES string of the molecule is CCOC(=O)[C@H]1Oc2c(c(=O)oc3ccccc23)[C@H]1c1ccccc1OC. The summed E-state index contributed by atoms with van der Waals surface area (Å²) in [7, 11) is 1.54. The lowest BCUT2D eigenvalue weighted by Gasteiger charge is -2.19. The van der Waals surface area contributed by atoms with Crippen LogP contribution < -0.4 is 15.1 Å². The van der Waals surface area contributed by atoms with Crippen LogP contribution in [0.1, 0.15) is 24.0 Å². The zero-order valence-electron chi connectivity index (χ0n) is 14.9. The third-order valence-corrected chi connectivity index (χ3v) is 4.65. The van der Waals surface area contributed by atoms with Gasteiger partial charge < -0.3 is 18.6 Å². The monoisotopic (exact) mass is 366 g/mol. The van der Waals surface area contributed by atoms with Gasteiger partial charge in [0.05, 0.1) is 30.6 Å². The summed E-state index contributed by atoms with van der Waals surface area (Å²) in [4.78, 5) is 25.4. The Hall–Kier alpha value is -3.28. The molecule has 0 saturated carbocycles. The maximum atomic E-state index is 12.8. The molecule has 0 unspecified atom stereocenters. The molecule has 6 nitrogen and oxygen atoms in total. The number of methoxy groups -OCH3 is 1. The Morgan fingerprint density at radius 1 is 1.11 bits per heavy atom. The Morgan fingerprint density at radius 3 is 2.63 bits per heavy atom. The molecule has 4 rings (SSSR count). The summed E-state index contributed by atoms with van der Waals surface area (Å²) in [5.74, 6) is -0.305. The van der Waals surface area contributed by atoms with Crippen LogP contribution in [0.5, 0.6) is 11.5 Å². The lowest BCUT2D eigenvalue weighted by molar-refractivity contribution is -0.151. The average molecular weight is 366 g/mol. The second kappa shape index (κ2) is 6.79. The van der Waals surface area contributed by atoms with E-state index in [-0.39, 0.29) is 6.61 Å². The van der Waals surface area contributed by atoms with E-state index in [1.807, 2.05) is 24.3 Å². The van der Waals surface area contributed by atoms with Gasteiger partial charge in [0.2, 0.25) is 6.10 Å². The van der Waals surface area contributed by atoms with E-state index in [0.717, 1.165) is 0 Å². The van der Waals surface area contributed by atoms with Crippen LogP contribution in [0.2, 0.25) is 0 Å². The molecule has 0 N–H and O–H groups in total. The maximum Gasteiger partial charge on any atom is 0.348 e. The molecule has 0 fully saturated rings. The third-order valence-electron chi connectivity index (χ3n) is 4.65. The average Bonchev–Trinajstić information content (AvgIpc) is 3.09. The minimum Gasteiger partial charge on any atom is -0.496 e. The first-order valence-corrected chi connectivity index (χ1v) is 8.67. The number of fused-ring (bicyclic) bond motifs is 3. The van der Waals surface area contributed by atoms with Crippen molar-refractivity contribution < 1.29 is 23.4 Å². The highest BCUT2D eigenvalue weighted by atomic mass is 16.6. The third kappa shape index (κ3) is 2.73. The van der Waals surface area contributed by atoms with E-state index in [0.29, 0.717) is 33.6 Å². The quantitative estimate of drug-likeness (QED) is 0.521. The first kappa shape index (κ1) is 17.1. The highest BCUT2D eigenvalue weighted by molar-refractivity contribution is 5.88. The summed E-state index contributed by atoms with van der Waals surface area (Å²) in [6, 6.07) is 14.3. The summed E-state index contributed by atoms with van der Waals surface area (Å²) in [5, 5.41) is 0.638. The molecule has 0 spiro atoms. The van der Waals surface area contributed by atoms with Gasteiger partial charge in [0.25, 0.3) is 0 Å². The van der Waals surface area contributed by atoms with Gasteiger partial charge >= 0.3 is 11.6 Å². The van der Waals surface area contributed by atoms with E-state index >= 15 is 0 Å². The van der Waals surface area contributed by atoms with Crippen LogP contribution in [0, 0.1) is 0 Å². The van der Waals surface area contributed by atoms with Gasteiger partial charge in [-0.25, -0.2) is 9.59 Å². The summed E-state index contributed by atoms with van der Waals surface area (Å²) >= 11 is 0. The van der Waals surface area contributed by atoms with Gasteiger partial charge in [-0.3, -0.25) is 0 Å². The number of para-hydroxylation sites is 2. The van der Waals surface area contributed by atoms with Crippen molar-refractivity contribution >= 4 is 16.9 Å². The Kier molecular flexibility index (Phi) is 4.32. The molecule has 1 aliphatic rings. The van der Waals surface area contributed by atoms with Crippen molar-refractivity contribution in [3.8, 4) is 11.5 Å². The number of esters is 1. The highest BCUT2D eigenvalue weighted by Gasteiger charge is 2.46. The largest absolute Gasteiger partial charge is 0.496 e. The first-order valence-electron chi connectivity index (χ1n) is 8.67. The molecule has 0 amide bonds. The van der Waals surface area contributed by atoms with Gasteiger partial charge in [0.15, 0.2) is 0 Å². The smallest absolute Gasteiger partial charge is 0.348 e. The Balaban J connectivity index is 1.98. The van der Waals surface area contributed by atoms with E-state index in [4.69, 9.17) is 18.6 Å². The molecule has 3 aromatic rings. The number of hydrogen-bond donors (Lipinski definition) is 0. The van der Waals surface area contributed by atoms with Crippen molar-refractivity contribution in [1.29, 1.82) is 0 Å². The van der Waals surface area contributed by atoms with Crippen molar-refractivity contribution in [3.63, 3.8) is 0 Å². The molecule has 6 heteroatoms. The molecule has 27 heavy (non-hydrogen) atoms. The second-order valence-corrected chi connectivity index (χ2v) is 6.14. The van der Waals surface area contributed by atoms with Crippen LogP contribution in [0.15, 0.2) is 57.7 Å². The number of ether oxygens (including phenoxy) is 3. The minimum absolute atomic E-state index is 0.211. The lowest BCUT2D eigenvalue weighted by Crippen LogP contribution is -2.32. The van der Waals surface area contributed by atoms with Crippen molar-refractivity contribution in [1.82, 2.24) is 0 Å². The second-order valence-electron chi connectivity index (χ2n) is 6.14. The van der Waals surface area contributed by atoms with E-state index in [1.54, 1.807) is 31.2 Å². The molecule has 0 aliphatic carbocycles. The van der Waals surface area contributed by atoms with Gasteiger partial charge in [-0.05, 0) is 25.1 Å². The zero-order chi connectivity index (χ0) is 19.0. The van der Waals surface area contributed by atoms with Crippen LogP contribution in [0.3, 0.4) is 0 Å². The molecule has 138 valence electrons. The standard InChI is InChI=1S/C21H18O6/c1-3-25-21(23)19-16(12-8-4-6-10-14(12)24-2)17-18(27-19)13-9-5-7-11-15(13)26-20(17)22/h4-11,16,19H,3H2,1-2H3/t16-,19+/m1/s1. The molecule has 0 saturated heterocycles. The number of rotatable bonds is 4. The van der Waals surface area contributed by atoms with Crippen molar-refractivity contribution in [2.75, 3.05) is 13.7 Å². The van der Waals surface area contributed by atoms with E-state index in [9.17, 15) is 9.59 Å². The first-order chi connectivity index (χ1) is 13.2. The normalized spacial score (nSPS) is 18.0. The Labute approximate surface area is 155 Å². The van der Waals surface area contributed by atoms with Gasteiger partial charge in [-0.15, -0.1) is 0 Å². The zero-order valence-corrected chi connectivity index (χ0v) is 14.9. The lowest BCUT2D eigenvalue weighted by atomic mass is 9.88. The van der Waals surface area contributed by atoms with Gasteiger partial charge in [-0.1, -0.05) is 30.3 Å².